The van der Waals surface area contributed by atoms with Crippen molar-refractivity contribution in [3.63, 3.8) is 0 Å². The molecule has 0 aliphatic heterocycles. The lowest BCUT2D eigenvalue weighted by Gasteiger charge is -2.05. The molecule has 0 aliphatic carbocycles. The topological polar surface area (TPSA) is 40.5 Å². The van der Waals surface area contributed by atoms with Crippen molar-refractivity contribution < 1.29 is 19.0 Å². The van der Waals surface area contributed by atoms with E-state index in [-0.39, 0.29) is 24.3 Å². The smallest absolute Gasteiger partial charge is 0.263 e. The fraction of sp³-hybridized carbons (Fsp3) is 0.333. The highest BCUT2D eigenvalue weighted by Crippen LogP contribution is 2.25. The van der Waals surface area contributed by atoms with Gasteiger partial charge in [0.25, 0.3) is 6.43 Å². The highest BCUT2D eigenvalue weighted by Gasteiger charge is 2.09. The van der Waals surface area contributed by atoms with Gasteiger partial charge in [0.15, 0.2) is 0 Å². The Morgan fingerprint density at radius 3 is 2.46 bits per heavy atom. The van der Waals surface area contributed by atoms with E-state index in [4.69, 9.17) is 5.11 Å². The van der Waals surface area contributed by atoms with Gasteiger partial charge in [-0.05, 0) is 18.1 Å². The predicted molar refractivity (Wildman–Crippen MR) is 43.9 cm³/mol. The van der Waals surface area contributed by atoms with Crippen LogP contribution in [0.5, 0.6) is 5.75 Å². The number of aromatic hydroxyl groups is 1. The predicted octanol–water partition coefficient (Wildman–Crippen LogP) is 1.86. The van der Waals surface area contributed by atoms with Gasteiger partial charge in [-0.1, -0.05) is 12.1 Å². The van der Waals surface area contributed by atoms with Gasteiger partial charge in [-0.25, -0.2) is 8.78 Å². The molecule has 0 amide bonds. The number of aliphatic hydroxyl groups excluding tert-OH is 1. The summed E-state index contributed by atoms with van der Waals surface area (Å²) >= 11 is 0. The van der Waals surface area contributed by atoms with Gasteiger partial charge in [0.2, 0.25) is 0 Å². The Morgan fingerprint density at radius 1 is 1.31 bits per heavy atom. The van der Waals surface area contributed by atoms with E-state index in [0.717, 1.165) is 6.07 Å². The van der Waals surface area contributed by atoms with Gasteiger partial charge in [0.1, 0.15) is 5.75 Å². The van der Waals surface area contributed by atoms with Crippen molar-refractivity contribution in [3.05, 3.63) is 29.3 Å². The molecule has 0 radical (unpaired) electrons. The van der Waals surface area contributed by atoms with Crippen LogP contribution in [0.1, 0.15) is 17.6 Å². The van der Waals surface area contributed by atoms with Crippen molar-refractivity contribution in [2.75, 3.05) is 6.61 Å². The van der Waals surface area contributed by atoms with E-state index in [1.54, 1.807) is 0 Å². The lowest BCUT2D eigenvalue weighted by Crippen LogP contribution is -1.92. The minimum atomic E-state index is -2.57. The maximum atomic E-state index is 12.1. The van der Waals surface area contributed by atoms with Gasteiger partial charge in [-0.15, -0.1) is 0 Å². The minimum absolute atomic E-state index is 0.110. The largest absolute Gasteiger partial charge is 0.508 e. The van der Waals surface area contributed by atoms with Gasteiger partial charge in [0.05, 0.1) is 0 Å². The van der Waals surface area contributed by atoms with E-state index in [0.29, 0.717) is 5.56 Å². The van der Waals surface area contributed by atoms with E-state index >= 15 is 0 Å². The molecule has 13 heavy (non-hydrogen) atoms. The molecular weight excluding hydrogens is 178 g/mol. The zero-order chi connectivity index (χ0) is 9.84. The fourth-order valence-electron chi connectivity index (χ4n) is 1.05. The third kappa shape index (κ3) is 2.39. The van der Waals surface area contributed by atoms with Crippen molar-refractivity contribution in [3.8, 4) is 5.75 Å². The Labute approximate surface area is 74.4 Å². The molecule has 4 heteroatoms. The summed E-state index contributed by atoms with van der Waals surface area (Å²) < 4.78 is 24.2. The van der Waals surface area contributed by atoms with Gasteiger partial charge in [-0.2, -0.15) is 0 Å². The van der Waals surface area contributed by atoms with Crippen LogP contribution < -0.4 is 0 Å². The van der Waals surface area contributed by atoms with Crippen molar-refractivity contribution in [2.24, 2.45) is 0 Å². The summed E-state index contributed by atoms with van der Waals surface area (Å²) in [7, 11) is 0. The molecule has 2 N–H and O–H groups in total. The van der Waals surface area contributed by atoms with Crippen molar-refractivity contribution in [1.82, 2.24) is 0 Å². The van der Waals surface area contributed by atoms with Gasteiger partial charge in [-0.3, -0.25) is 0 Å². The number of benzene rings is 1. The standard InChI is InChI=1S/C9H10F2O2/c10-9(11)7-2-1-6(3-4-12)8(13)5-7/h1-2,5,9,12-13H,3-4H2. The molecule has 0 heterocycles. The molecule has 0 saturated carbocycles. The molecule has 0 fully saturated rings. The second-order valence-electron chi connectivity index (χ2n) is 2.66. The zero-order valence-corrected chi connectivity index (χ0v) is 6.87. The molecule has 2 nitrogen and oxygen atoms in total. The Hall–Kier alpha value is -1.16. The quantitative estimate of drug-likeness (QED) is 0.760. The molecule has 0 aliphatic rings. The summed E-state index contributed by atoms with van der Waals surface area (Å²) in [6.45, 7) is -0.110. The lowest BCUT2D eigenvalue weighted by atomic mass is 10.1. The highest BCUT2D eigenvalue weighted by atomic mass is 19.3. The number of rotatable bonds is 3. The molecule has 0 unspecified atom stereocenters. The Bertz CT molecular complexity index is 287. The first-order chi connectivity index (χ1) is 6.15. The Balaban J connectivity index is 2.92. The number of phenols is 1. The average molecular weight is 188 g/mol. The monoisotopic (exact) mass is 188 g/mol. The summed E-state index contributed by atoms with van der Waals surface area (Å²) in [6, 6.07) is 3.66. The van der Waals surface area contributed by atoms with E-state index < -0.39 is 6.43 Å². The van der Waals surface area contributed by atoms with E-state index in [1.807, 2.05) is 0 Å². The van der Waals surface area contributed by atoms with Crippen LogP contribution in [-0.4, -0.2) is 16.8 Å². The van der Waals surface area contributed by atoms with Crippen LogP contribution in [0.3, 0.4) is 0 Å². The van der Waals surface area contributed by atoms with Crippen LogP contribution in [0, 0.1) is 0 Å². The molecule has 0 aromatic heterocycles. The first-order valence-corrected chi connectivity index (χ1v) is 3.86. The van der Waals surface area contributed by atoms with Crippen LogP contribution in [0.25, 0.3) is 0 Å². The fourth-order valence-corrected chi connectivity index (χ4v) is 1.05. The molecule has 0 spiro atoms. The molecule has 0 saturated heterocycles. The number of hydrogen-bond donors (Lipinski definition) is 2. The summed E-state index contributed by atoms with van der Waals surface area (Å²) in [6.07, 6.45) is -2.30. The Kier molecular flexibility index (Phi) is 3.19. The average Bonchev–Trinajstić information content (AvgIpc) is 2.08. The summed E-state index contributed by atoms with van der Waals surface area (Å²) in [4.78, 5) is 0. The van der Waals surface area contributed by atoms with E-state index in [2.05, 4.69) is 0 Å². The third-order valence-electron chi connectivity index (χ3n) is 1.74. The Morgan fingerprint density at radius 2 is 2.00 bits per heavy atom. The molecule has 1 aromatic carbocycles. The molecular formula is C9H10F2O2. The van der Waals surface area contributed by atoms with Crippen LogP contribution in [0.2, 0.25) is 0 Å². The first-order valence-electron chi connectivity index (χ1n) is 3.86. The van der Waals surface area contributed by atoms with E-state index in [1.165, 1.54) is 12.1 Å². The zero-order valence-electron chi connectivity index (χ0n) is 6.87. The number of aliphatic hydroxyl groups is 1. The van der Waals surface area contributed by atoms with Gasteiger partial charge in [0, 0.05) is 12.2 Å². The number of hydrogen-bond acceptors (Lipinski definition) is 2. The molecule has 0 atom stereocenters. The van der Waals surface area contributed by atoms with E-state index in [9.17, 15) is 13.9 Å². The molecule has 1 aromatic rings. The van der Waals surface area contributed by atoms with Crippen LogP contribution in [0.15, 0.2) is 18.2 Å². The minimum Gasteiger partial charge on any atom is -0.508 e. The second kappa shape index (κ2) is 4.18. The number of alkyl halides is 2. The third-order valence-corrected chi connectivity index (χ3v) is 1.74. The first kappa shape index (κ1) is 9.92. The maximum Gasteiger partial charge on any atom is 0.263 e. The summed E-state index contributed by atoms with van der Waals surface area (Å²) in [5.74, 6) is -0.188. The molecule has 0 bridgehead atoms. The van der Waals surface area contributed by atoms with Crippen molar-refractivity contribution in [2.45, 2.75) is 12.8 Å². The van der Waals surface area contributed by atoms with Crippen molar-refractivity contribution in [1.29, 1.82) is 0 Å². The summed E-state index contributed by atoms with van der Waals surface area (Å²) in [5, 5.41) is 17.8. The summed E-state index contributed by atoms with van der Waals surface area (Å²) in [5.41, 5.74) is 0.270. The maximum absolute atomic E-state index is 12.1. The van der Waals surface area contributed by atoms with Crippen LogP contribution in [-0.2, 0) is 6.42 Å². The normalized spacial score (nSPS) is 10.8. The SMILES string of the molecule is OCCc1ccc(C(F)F)cc1O. The van der Waals surface area contributed by atoms with Crippen LogP contribution in [0.4, 0.5) is 8.78 Å². The van der Waals surface area contributed by atoms with Crippen molar-refractivity contribution >= 4 is 0 Å². The number of halogens is 2. The highest BCUT2D eigenvalue weighted by molar-refractivity contribution is 5.36. The molecule has 1 rings (SSSR count). The van der Waals surface area contributed by atoms with Gasteiger partial charge < -0.3 is 10.2 Å². The molecule has 72 valence electrons. The lowest BCUT2D eigenvalue weighted by molar-refractivity contribution is 0.151. The second-order valence-corrected chi connectivity index (χ2v) is 2.66. The van der Waals surface area contributed by atoms with Gasteiger partial charge >= 0.3 is 0 Å². The van der Waals surface area contributed by atoms with Crippen LogP contribution >= 0.6 is 0 Å². The number of phenolic OH excluding ortho intramolecular Hbond substituents is 1.